The van der Waals surface area contributed by atoms with Crippen molar-refractivity contribution in [2.24, 2.45) is 5.92 Å². The number of aromatic hydroxyl groups is 3. The SMILES string of the molecule is CC(C)[C@@]1(C)Cc2c(cc(O)c(O)c2O)C(=O)O1. The number of phenolic OH excluding ortho intramolecular Hbond substituents is 3. The topological polar surface area (TPSA) is 87.0 Å². The van der Waals surface area contributed by atoms with Crippen LogP contribution in [0.3, 0.4) is 0 Å². The van der Waals surface area contributed by atoms with Crippen molar-refractivity contribution in [1.29, 1.82) is 0 Å². The predicted octanol–water partition coefficient (Wildman–Crippen LogP) is 1.93. The van der Waals surface area contributed by atoms with Crippen molar-refractivity contribution in [1.82, 2.24) is 0 Å². The van der Waals surface area contributed by atoms with Crippen molar-refractivity contribution in [3.05, 3.63) is 17.2 Å². The van der Waals surface area contributed by atoms with Crippen molar-refractivity contribution in [2.45, 2.75) is 32.8 Å². The van der Waals surface area contributed by atoms with Crippen LogP contribution in [-0.2, 0) is 11.2 Å². The van der Waals surface area contributed by atoms with Crippen LogP contribution in [0.4, 0.5) is 0 Å². The van der Waals surface area contributed by atoms with Gasteiger partial charge in [0.05, 0.1) is 5.56 Å². The number of hydrogen-bond acceptors (Lipinski definition) is 5. The van der Waals surface area contributed by atoms with Gasteiger partial charge in [-0.2, -0.15) is 0 Å². The number of rotatable bonds is 1. The van der Waals surface area contributed by atoms with Crippen molar-refractivity contribution in [3.8, 4) is 17.2 Å². The Morgan fingerprint density at radius 3 is 2.44 bits per heavy atom. The lowest BCUT2D eigenvalue weighted by molar-refractivity contribution is -0.0392. The molecule has 0 saturated carbocycles. The molecule has 1 heterocycles. The van der Waals surface area contributed by atoms with Gasteiger partial charge in [0.15, 0.2) is 11.5 Å². The maximum absolute atomic E-state index is 11.9. The molecule has 98 valence electrons. The monoisotopic (exact) mass is 252 g/mol. The van der Waals surface area contributed by atoms with E-state index in [4.69, 9.17) is 4.74 Å². The Morgan fingerprint density at radius 1 is 1.28 bits per heavy atom. The molecule has 1 aromatic rings. The zero-order valence-corrected chi connectivity index (χ0v) is 10.5. The Balaban J connectivity index is 2.61. The van der Waals surface area contributed by atoms with E-state index in [9.17, 15) is 20.1 Å². The van der Waals surface area contributed by atoms with E-state index in [1.807, 2.05) is 13.8 Å². The van der Waals surface area contributed by atoms with E-state index < -0.39 is 28.8 Å². The largest absolute Gasteiger partial charge is 0.504 e. The Hall–Kier alpha value is -1.91. The van der Waals surface area contributed by atoms with Crippen LogP contribution in [0.5, 0.6) is 17.2 Å². The third-order valence-corrected chi connectivity index (χ3v) is 3.65. The molecule has 1 aliphatic heterocycles. The number of esters is 1. The Bertz CT molecular complexity index is 521. The van der Waals surface area contributed by atoms with Crippen LogP contribution in [0.1, 0.15) is 36.7 Å². The first-order valence-electron chi connectivity index (χ1n) is 5.76. The average Bonchev–Trinajstić information content (AvgIpc) is 2.28. The predicted molar refractivity (Wildman–Crippen MR) is 63.8 cm³/mol. The van der Waals surface area contributed by atoms with Crippen molar-refractivity contribution < 1.29 is 24.9 Å². The third kappa shape index (κ3) is 1.66. The highest BCUT2D eigenvalue weighted by molar-refractivity contribution is 5.94. The van der Waals surface area contributed by atoms with Gasteiger partial charge in [0.2, 0.25) is 5.75 Å². The average molecular weight is 252 g/mol. The summed E-state index contributed by atoms with van der Waals surface area (Å²) < 4.78 is 5.37. The minimum atomic E-state index is -0.731. The van der Waals surface area contributed by atoms with Crippen LogP contribution in [-0.4, -0.2) is 26.9 Å². The Kier molecular flexibility index (Phi) is 2.65. The molecule has 0 aromatic heterocycles. The summed E-state index contributed by atoms with van der Waals surface area (Å²) in [6.07, 6.45) is 0.297. The Labute approximate surface area is 105 Å². The first-order chi connectivity index (χ1) is 8.26. The molecule has 0 amide bonds. The standard InChI is InChI=1S/C13H16O5/c1-6(2)13(3)5-8-7(12(17)18-13)4-9(14)11(16)10(8)15/h4,6,14-16H,5H2,1-3H3/t13-/m1/s1. The van der Waals surface area contributed by atoms with E-state index in [1.165, 1.54) is 0 Å². The molecule has 0 spiro atoms. The van der Waals surface area contributed by atoms with Gasteiger partial charge in [-0.15, -0.1) is 0 Å². The normalized spacial score (nSPS) is 22.8. The Morgan fingerprint density at radius 2 is 1.89 bits per heavy atom. The van der Waals surface area contributed by atoms with E-state index >= 15 is 0 Å². The van der Waals surface area contributed by atoms with Crippen LogP contribution in [0.15, 0.2) is 6.07 Å². The molecule has 0 saturated heterocycles. The van der Waals surface area contributed by atoms with E-state index in [2.05, 4.69) is 0 Å². The van der Waals surface area contributed by atoms with Gasteiger partial charge in [-0.1, -0.05) is 13.8 Å². The molecule has 18 heavy (non-hydrogen) atoms. The number of ether oxygens (including phenoxy) is 1. The first-order valence-corrected chi connectivity index (χ1v) is 5.76. The van der Waals surface area contributed by atoms with Gasteiger partial charge in [0.1, 0.15) is 5.60 Å². The summed E-state index contributed by atoms with van der Waals surface area (Å²) in [5.74, 6) is -2.12. The van der Waals surface area contributed by atoms with Gasteiger partial charge in [-0.05, 0) is 18.9 Å². The second-order valence-corrected chi connectivity index (χ2v) is 5.15. The smallest absolute Gasteiger partial charge is 0.339 e. The lowest BCUT2D eigenvalue weighted by atomic mass is 9.81. The minimum Gasteiger partial charge on any atom is -0.504 e. The van der Waals surface area contributed by atoms with Crippen LogP contribution >= 0.6 is 0 Å². The van der Waals surface area contributed by atoms with Crippen LogP contribution < -0.4 is 0 Å². The van der Waals surface area contributed by atoms with Crippen molar-refractivity contribution >= 4 is 5.97 Å². The fourth-order valence-corrected chi connectivity index (χ4v) is 2.02. The molecule has 1 aromatic carbocycles. The highest BCUT2D eigenvalue weighted by Gasteiger charge is 2.41. The van der Waals surface area contributed by atoms with Gasteiger partial charge < -0.3 is 20.1 Å². The second kappa shape index (κ2) is 3.80. The molecule has 0 fully saturated rings. The molecule has 1 aliphatic rings. The molecule has 0 aliphatic carbocycles. The number of benzene rings is 1. The molecule has 0 radical (unpaired) electrons. The zero-order valence-electron chi connectivity index (χ0n) is 10.5. The number of fused-ring (bicyclic) bond motifs is 1. The molecule has 1 atom stereocenters. The number of hydrogen-bond donors (Lipinski definition) is 3. The lowest BCUT2D eigenvalue weighted by Crippen LogP contribution is -2.43. The van der Waals surface area contributed by atoms with E-state index in [0.29, 0.717) is 12.0 Å². The number of carbonyl (C=O) groups excluding carboxylic acids is 1. The summed E-state index contributed by atoms with van der Waals surface area (Å²) in [5, 5.41) is 28.7. The third-order valence-electron chi connectivity index (χ3n) is 3.65. The van der Waals surface area contributed by atoms with Crippen molar-refractivity contribution in [2.75, 3.05) is 0 Å². The van der Waals surface area contributed by atoms with Gasteiger partial charge in [0, 0.05) is 12.0 Å². The maximum atomic E-state index is 11.9. The molecule has 3 N–H and O–H groups in total. The molecule has 2 rings (SSSR count). The zero-order chi connectivity index (χ0) is 13.7. The summed E-state index contributed by atoms with van der Waals surface area (Å²) >= 11 is 0. The van der Waals surface area contributed by atoms with Gasteiger partial charge in [0.25, 0.3) is 0 Å². The minimum absolute atomic E-state index is 0.0601. The van der Waals surface area contributed by atoms with Gasteiger partial charge in [-0.25, -0.2) is 4.79 Å². The van der Waals surface area contributed by atoms with E-state index in [1.54, 1.807) is 6.92 Å². The summed E-state index contributed by atoms with van der Waals surface area (Å²) in [6.45, 7) is 5.60. The van der Waals surface area contributed by atoms with E-state index in [-0.39, 0.29) is 11.5 Å². The lowest BCUT2D eigenvalue weighted by Gasteiger charge is -2.37. The maximum Gasteiger partial charge on any atom is 0.339 e. The summed E-state index contributed by atoms with van der Waals surface area (Å²) in [5.41, 5.74) is -0.316. The molecular formula is C13H16O5. The molecular weight excluding hydrogens is 236 g/mol. The number of carbonyl (C=O) groups is 1. The molecule has 0 bridgehead atoms. The fraction of sp³-hybridized carbons (Fsp3) is 0.462. The second-order valence-electron chi connectivity index (χ2n) is 5.15. The van der Waals surface area contributed by atoms with Gasteiger partial charge >= 0.3 is 5.97 Å². The molecule has 5 heteroatoms. The number of cyclic esters (lactones) is 1. The fourth-order valence-electron chi connectivity index (χ4n) is 2.02. The summed E-state index contributed by atoms with van der Waals surface area (Å²) in [7, 11) is 0. The van der Waals surface area contributed by atoms with Crippen LogP contribution in [0, 0.1) is 5.92 Å². The van der Waals surface area contributed by atoms with Gasteiger partial charge in [-0.3, -0.25) is 0 Å². The first kappa shape index (κ1) is 12.5. The summed E-state index contributed by atoms with van der Waals surface area (Å²) in [6, 6.07) is 1.12. The highest BCUT2D eigenvalue weighted by Crippen LogP contribution is 2.45. The van der Waals surface area contributed by atoms with E-state index in [0.717, 1.165) is 6.07 Å². The quantitative estimate of drug-likeness (QED) is 0.525. The van der Waals surface area contributed by atoms with Crippen LogP contribution in [0.25, 0.3) is 0 Å². The molecule has 0 unspecified atom stereocenters. The highest BCUT2D eigenvalue weighted by atomic mass is 16.6. The van der Waals surface area contributed by atoms with Crippen molar-refractivity contribution in [3.63, 3.8) is 0 Å². The number of phenols is 3. The summed E-state index contributed by atoms with van der Waals surface area (Å²) in [4.78, 5) is 11.9. The van der Waals surface area contributed by atoms with Crippen LogP contribution in [0.2, 0.25) is 0 Å². The molecule has 5 nitrogen and oxygen atoms in total.